The van der Waals surface area contributed by atoms with Crippen LogP contribution in [0.5, 0.6) is 0 Å². The van der Waals surface area contributed by atoms with Crippen LogP contribution in [-0.4, -0.2) is 47.9 Å². The van der Waals surface area contributed by atoms with Crippen LogP contribution in [0.2, 0.25) is 5.02 Å². The Hall–Kier alpha value is -3.06. The number of likely N-dealkylation sites (tertiary alicyclic amines) is 1. The van der Waals surface area contributed by atoms with Crippen molar-refractivity contribution >= 4 is 35.1 Å². The van der Waals surface area contributed by atoms with Gasteiger partial charge in [0.25, 0.3) is 0 Å². The molecule has 1 fully saturated rings. The summed E-state index contributed by atoms with van der Waals surface area (Å²) in [6.07, 6.45) is 1.73. The molecular formula is C23H27ClN4O3. The third-order valence-corrected chi connectivity index (χ3v) is 5.45. The van der Waals surface area contributed by atoms with Crippen molar-refractivity contribution in [2.24, 2.45) is 0 Å². The molecule has 0 aliphatic carbocycles. The first-order valence-corrected chi connectivity index (χ1v) is 10.7. The second-order valence-corrected chi connectivity index (χ2v) is 8.09. The summed E-state index contributed by atoms with van der Waals surface area (Å²) in [4.78, 5) is 38.6. The van der Waals surface area contributed by atoms with Gasteiger partial charge in [0.2, 0.25) is 11.8 Å². The molecule has 0 radical (unpaired) electrons. The van der Waals surface area contributed by atoms with Gasteiger partial charge in [-0.2, -0.15) is 0 Å². The maximum atomic E-state index is 12.8. The van der Waals surface area contributed by atoms with E-state index in [2.05, 4.69) is 16.0 Å². The zero-order chi connectivity index (χ0) is 22.2. The lowest BCUT2D eigenvalue weighted by atomic mass is 10.0. The maximum Gasteiger partial charge on any atom is 0.321 e. The van der Waals surface area contributed by atoms with Crippen molar-refractivity contribution in [2.75, 3.05) is 18.4 Å². The first-order chi connectivity index (χ1) is 14.9. The second kappa shape index (κ2) is 10.8. The molecule has 4 amide bonds. The Morgan fingerprint density at radius 1 is 1.03 bits per heavy atom. The minimum atomic E-state index is -0.633. The lowest BCUT2D eigenvalue weighted by molar-refractivity contribution is -0.128. The van der Waals surface area contributed by atoms with Crippen molar-refractivity contribution in [1.82, 2.24) is 15.5 Å². The van der Waals surface area contributed by atoms with Gasteiger partial charge in [-0.25, -0.2) is 4.79 Å². The molecule has 1 saturated heterocycles. The fraction of sp³-hybridized carbons (Fsp3) is 0.348. The van der Waals surface area contributed by atoms with Crippen molar-refractivity contribution in [2.45, 2.75) is 38.3 Å². The van der Waals surface area contributed by atoms with E-state index >= 15 is 0 Å². The van der Waals surface area contributed by atoms with Crippen molar-refractivity contribution in [3.63, 3.8) is 0 Å². The van der Waals surface area contributed by atoms with Crippen LogP contribution in [0.25, 0.3) is 0 Å². The van der Waals surface area contributed by atoms with Crippen molar-refractivity contribution in [3.05, 3.63) is 65.2 Å². The van der Waals surface area contributed by atoms with Gasteiger partial charge in [-0.1, -0.05) is 41.9 Å². The summed E-state index contributed by atoms with van der Waals surface area (Å²) < 4.78 is 0. The van der Waals surface area contributed by atoms with E-state index in [4.69, 9.17) is 11.6 Å². The number of piperidine rings is 1. The molecule has 0 bridgehead atoms. The summed E-state index contributed by atoms with van der Waals surface area (Å²) in [5, 5.41) is 9.24. The number of halogens is 1. The number of rotatable bonds is 6. The zero-order valence-corrected chi connectivity index (χ0v) is 18.2. The van der Waals surface area contributed by atoms with E-state index < -0.39 is 6.04 Å². The van der Waals surface area contributed by atoms with Crippen LogP contribution < -0.4 is 16.0 Å². The lowest BCUT2D eigenvalue weighted by Gasteiger charge is -2.33. The third kappa shape index (κ3) is 7.00. The van der Waals surface area contributed by atoms with Gasteiger partial charge >= 0.3 is 6.03 Å². The number of hydrogen-bond acceptors (Lipinski definition) is 3. The highest BCUT2D eigenvalue weighted by molar-refractivity contribution is 6.30. The zero-order valence-electron chi connectivity index (χ0n) is 17.4. The predicted molar refractivity (Wildman–Crippen MR) is 121 cm³/mol. The van der Waals surface area contributed by atoms with Gasteiger partial charge in [0, 0.05) is 43.2 Å². The minimum absolute atomic E-state index is 0.0425. The monoisotopic (exact) mass is 442 g/mol. The topological polar surface area (TPSA) is 90.5 Å². The van der Waals surface area contributed by atoms with Gasteiger partial charge in [-0.05, 0) is 42.7 Å². The second-order valence-electron chi connectivity index (χ2n) is 7.65. The number of benzene rings is 2. The molecule has 1 unspecified atom stereocenters. The van der Waals surface area contributed by atoms with Gasteiger partial charge in [0.15, 0.2) is 0 Å². The maximum absolute atomic E-state index is 12.8. The smallest absolute Gasteiger partial charge is 0.321 e. The fourth-order valence-corrected chi connectivity index (χ4v) is 3.69. The molecule has 0 aromatic heterocycles. The standard InChI is InChI=1S/C23H27ClN4O3/c1-16(29)25-21(15-17-5-3-2-4-6-17)22(30)26-20-11-13-28(14-12-20)23(31)27-19-9-7-18(24)8-10-19/h2-10,20-21H,11-15H2,1H3,(H,25,29)(H,26,30)(H,27,31). The van der Waals surface area contributed by atoms with Crippen LogP contribution in [-0.2, 0) is 16.0 Å². The molecule has 1 aliphatic rings. The summed E-state index contributed by atoms with van der Waals surface area (Å²) in [6.45, 7) is 2.48. The van der Waals surface area contributed by atoms with Crippen LogP contribution in [0.3, 0.4) is 0 Å². The SMILES string of the molecule is CC(=O)NC(Cc1ccccc1)C(=O)NC1CCN(C(=O)Nc2ccc(Cl)cc2)CC1. The van der Waals surface area contributed by atoms with E-state index in [1.807, 2.05) is 30.3 Å². The number of carbonyl (C=O) groups excluding carboxylic acids is 3. The van der Waals surface area contributed by atoms with E-state index in [9.17, 15) is 14.4 Å². The molecule has 0 spiro atoms. The molecule has 8 heteroatoms. The normalized spacial score (nSPS) is 15.1. The van der Waals surface area contributed by atoms with E-state index in [1.165, 1.54) is 6.92 Å². The number of carbonyl (C=O) groups is 3. The van der Waals surface area contributed by atoms with Crippen LogP contribution in [0.1, 0.15) is 25.3 Å². The number of urea groups is 1. The Kier molecular flexibility index (Phi) is 7.89. The van der Waals surface area contributed by atoms with Gasteiger partial charge in [0.1, 0.15) is 6.04 Å². The molecule has 31 heavy (non-hydrogen) atoms. The summed E-state index contributed by atoms with van der Waals surface area (Å²) >= 11 is 5.87. The number of hydrogen-bond donors (Lipinski definition) is 3. The van der Waals surface area contributed by atoms with Crippen LogP contribution in [0, 0.1) is 0 Å². The highest BCUT2D eigenvalue weighted by Crippen LogP contribution is 2.16. The number of nitrogens with zero attached hydrogens (tertiary/aromatic N) is 1. The third-order valence-electron chi connectivity index (χ3n) is 5.20. The summed E-state index contributed by atoms with van der Waals surface area (Å²) in [5.41, 5.74) is 1.66. The molecule has 3 rings (SSSR count). The lowest BCUT2D eigenvalue weighted by Crippen LogP contribution is -2.53. The number of amides is 4. The summed E-state index contributed by atoms with van der Waals surface area (Å²) in [6, 6.07) is 15.7. The van der Waals surface area contributed by atoms with E-state index in [1.54, 1.807) is 29.2 Å². The Labute approximate surface area is 187 Å². The molecule has 3 N–H and O–H groups in total. The molecule has 1 aliphatic heterocycles. The first-order valence-electron chi connectivity index (χ1n) is 10.3. The Balaban J connectivity index is 1.50. The predicted octanol–water partition coefficient (Wildman–Crippen LogP) is 3.20. The summed E-state index contributed by atoms with van der Waals surface area (Å²) in [7, 11) is 0. The molecule has 2 aromatic rings. The summed E-state index contributed by atoms with van der Waals surface area (Å²) in [5.74, 6) is -0.451. The van der Waals surface area contributed by atoms with Crippen molar-refractivity contribution < 1.29 is 14.4 Å². The van der Waals surface area contributed by atoms with Gasteiger partial charge in [0.05, 0.1) is 0 Å². The number of nitrogens with one attached hydrogen (secondary N) is 3. The molecule has 1 atom stereocenters. The quantitative estimate of drug-likeness (QED) is 0.641. The average Bonchev–Trinajstić information content (AvgIpc) is 2.76. The van der Waals surface area contributed by atoms with Crippen LogP contribution in [0.15, 0.2) is 54.6 Å². The van der Waals surface area contributed by atoms with Crippen molar-refractivity contribution in [3.8, 4) is 0 Å². The van der Waals surface area contributed by atoms with Crippen molar-refractivity contribution in [1.29, 1.82) is 0 Å². The van der Waals surface area contributed by atoms with E-state index in [0.29, 0.717) is 43.1 Å². The highest BCUT2D eigenvalue weighted by atomic mass is 35.5. The fourth-order valence-electron chi connectivity index (χ4n) is 3.57. The highest BCUT2D eigenvalue weighted by Gasteiger charge is 2.27. The van der Waals surface area contributed by atoms with Gasteiger partial charge < -0.3 is 20.9 Å². The molecule has 1 heterocycles. The Bertz CT molecular complexity index is 897. The van der Waals surface area contributed by atoms with E-state index in [-0.39, 0.29) is 23.9 Å². The molecule has 0 saturated carbocycles. The van der Waals surface area contributed by atoms with Crippen LogP contribution in [0.4, 0.5) is 10.5 Å². The van der Waals surface area contributed by atoms with Crippen LogP contribution >= 0.6 is 11.6 Å². The van der Waals surface area contributed by atoms with Gasteiger partial charge in [-0.3, -0.25) is 9.59 Å². The molecule has 164 valence electrons. The molecule has 7 nitrogen and oxygen atoms in total. The molecule has 2 aromatic carbocycles. The average molecular weight is 443 g/mol. The first kappa shape index (κ1) is 22.6. The Morgan fingerprint density at radius 3 is 2.29 bits per heavy atom. The largest absolute Gasteiger partial charge is 0.351 e. The minimum Gasteiger partial charge on any atom is -0.351 e. The van der Waals surface area contributed by atoms with E-state index in [0.717, 1.165) is 5.56 Å². The Morgan fingerprint density at radius 2 is 1.68 bits per heavy atom. The van der Waals surface area contributed by atoms with Gasteiger partial charge in [-0.15, -0.1) is 0 Å². The molecular weight excluding hydrogens is 416 g/mol. The number of anilines is 1.